The molecule has 0 saturated carbocycles. The molecular weight excluding hydrogens is 420 g/mol. The van der Waals surface area contributed by atoms with Gasteiger partial charge in [-0.15, -0.1) is 0 Å². The van der Waals surface area contributed by atoms with Gasteiger partial charge in [0.25, 0.3) is 11.8 Å². The molecule has 0 aliphatic carbocycles. The second-order valence-electron chi connectivity index (χ2n) is 8.15. The highest BCUT2D eigenvalue weighted by molar-refractivity contribution is 5.97. The zero-order valence-corrected chi connectivity index (χ0v) is 18.2. The Kier molecular flexibility index (Phi) is 5.34. The molecule has 2 aromatic heterocycles. The van der Waals surface area contributed by atoms with Gasteiger partial charge in [-0.3, -0.25) is 9.59 Å². The number of carbonyl (C=O) groups is 2. The molecule has 5 rings (SSSR count). The first kappa shape index (κ1) is 20.8. The van der Waals surface area contributed by atoms with Gasteiger partial charge in [-0.05, 0) is 49.2 Å². The van der Waals surface area contributed by atoms with Crippen LogP contribution in [0.15, 0.2) is 59.0 Å². The number of nitrogens with two attached hydrogens (primary N) is 1. The lowest BCUT2D eigenvalue weighted by Crippen LogP contribution is -2.38. The summed E-state index contributed by atoms with van der Waals surface area (Å²) in [5, 5.41) is 0.913. The van der Waals surface area contributed by atoms with Crippen molar-refractivity contribution < 1.29 is 18.7 Å². The molecule has 33 heavy (non-hydrogen) atoms. The number of rotatable bonds is 5. The van der Waals surface area contributed by atoms with Crippen LogP contribution in [0.3, 0.4) is 0 Å². The molecule has 3 heterocycles. The average Bonchev–Trinajstić information content (AvgIpc) is 3.49. The monoisotopic (exact) mass is 444 g/mol. The number of fused-ring (bicyclic) bond motifs is 1. The Balaban J connectivity index is 1.32. The van der Waals surface area contributed by atoms with Gasteiger partial charge in [0, 0.05) is 30.0 Å². The zero-order valence-electron chi connectivity index (χ0n) is 18.2. The van der Waals surface area contributed by atoms with Crippen LogP contribution in [0.5, 0.6) is 5.75 Å². The number of para-hydroxylation sites is 1. The third kappa shape index (κ3) is 3.95. The molecule has 1 fully saturated rings. The first-order chi connectivity index (χ1) is 16.0. The Labute approximate surface area is 190 Å². The van der Waals surface area contributed by atoms with E-state index in [1.54, 1.807) is 18.1 Å². The van der Waals surface area contributed by atoms with Crippen molar-refractivity contribution >= 4 is 22.8 Å². The van der Waals surface area contributed by atoms with Crippen LogP contribution in [0.4, 0.5) is 0 Å². The van der Waals surface area contributed by atoms with Crippen molar-refractivity contribution in [2.75, 3.05) is 20.2 Å². The van der Waals surface area contributed by atoms with Gasteiger partial charge in [0.05, 0.1) is 7.11 Å². The van der Waals surface area contributed by atoms with Crippen molar-refractivity contribution in [3.05, 3.63) is 71.9 Å². The van der Waals surface area contributed by atoms with E-state index < -0.39 is 5.91 Å². The summed E-state index contributed by atoms with van der Waals surface area (Å²) in [7, 11) is 1.60. The highest BCUT2D eigenvalue weighted by Gasteiger charge is 2.29. The van der Waals surface area contributed by atoms with E-state index in [-0.39, 0.29) is 17.5 Å². The number of piperidine rings is 1. The molecule has 8 heteroatoms. The topological polar surface area (TPSA) is 114 Å². The van der Waals surface area contributed by atoms with E-state index in [0.29, 0.717) is 36.0 Å². The molecule has 0 bridgehead atoms. The number of amides is 2. The summed E-state index contributed by atoms with van der Waals surface area (Å²) in [4.78, 5) is 34.6. The third-order valence-electron chi connectivity index (χ3n) is 6.14. The first-order valence-corrected chi connectivity index (χ1v) is 10.9. The van der Waals surface area contributed by atoms with Crippen LogP contribution in [-0.2, 0) is 0 Å². The van der Waals surface area contributed by atoms with Gasteiger partial charge >= 0.3 is 0 Å². The number of furan rings is 1. The maximum Gasteiger partial charge on any atom is 0.289 e. The van der Waals surface area contributed by atoms with Gasteiger partial charge in [0.2, 0.25) is 0 Å². The number of aromatic nitrogens is 2. The van der Waals surface area contributed by atoms with E-state index in [1.807, 2.05) is 48.5 Å². The van der Waals surface area contributed by atoms with E-state index in [2.05, 4.69) is 4.98 Å². The molecule has 168 valence electrons. The summed E-state index contributed by atoms with van der Waals surface area (Å²) in [6, 6.07) is 16.7. The molecular formula is C25H24N4O4. The minimum Gasteiger partial charge on any atom is -0.497 e. The largest absolute Gasteiger partial charge is 0.497 e. The van der Waals surface area contributed by atoms with Crippen molar-refractivity contribution in [1.82, 2.24) is 14.9 Å². The second kappa shape index (κ2) is 8.46. The minimum atomic E-state index is -0.558. The Morgan fingerprint density at radius 2 is 1.85 bits per heavy atom. The Hall–Kier alpha value is -4.07. The lowest BCUT2D eigenvalue weighted by atomic mass is 9.96. The SMILES string of the molecule is COc1ccc(-c2nc(C3CCN(C(=O)c4cc5ccccc5o4)CC3)[nH]c2C(N)=O)cc1. The predicted molar refractivity (Wildman–Crippen MR) is 123 cm³/mol. The number of hydrogen-bond donors (Lipinski definition) is 2. The van der Waals surface area contributed by atoms with Crippen LogP contribution in [0.1, 0.15) is 45.6 Å². The quantitative estimate of drug-likeness (QED) is 0.484. The molecule has 4 aromatic rings. The molecule has 2 amide bonds. The third-order valence-corrected chi connectivity index (χ3v) is 6.14. The maximum absolute atomic E-state index is 12.9. The normalized spacial score (nSPS) is 14.5. The Morgan fingerprint density at radius 3 is 2.52 bits per heavy atom. The standard InChI is InChI=1S/C25H24N4O4/c1-32-18-8-6-15(7-9-18)21-22(23(26)30)28-24(27-21)16-10-12-29(13-11-16)25(31)20-14-17-4-2-3-5-19(17)33-20/h2-9,14,16H,10-13H2,1H3,(H2,26,30)(H,27,28). The number of hydrogen-bond acceptors (Lipinski definition) is 5. The van der Waals surface area contributed by atoms with Crippen molar-refractivity contribution in [3.63, 3.8) is 0 Å². The van der Waals surface area contributed by atoms with E-state index >= 15 is 0 Å². The number of H-pyrrole nitrogens is 1. The average molecular weight is 444 g/mol. The Bertz CT molecular complexity index is 1280. The molecule has 1 aliphatic heterocycles. The molecule has 0 radical (unpaired) electrons. The number of primary amides is 1. The number of aromatic amines is 1. The highest BCUT2D eigenvalue weighted by atomic mass is 16.5. The van der Waals surface area contributed by atoms with Gasteiger partial charge in [0.15, 0.2) is 5.76 Å². The van der Waals surface area contributed by atoms with Gasteiger partial charge in [-0.2, -0.15) is 0 Å². The van der Waals surface area contributed by atoms with Crippen LogP contribution in [0.25, 0.3) is 22.2 Å². The summed E-state index contributed by atoms with van der Waals surface area (Å²) >= 11 is 0. The van der Waals surface area contributed by atoms with E-state index in [1.165, 1.54) is 0 Å². The van der Waals surface area contributed by atoms with Crippen LogP contribution in [0.2, 0.25) is 0 Å². The summed E-state index contributed by atoms with van der Waals surface area (Å²) in [6.45, 7) is 1.15. The van der Waals surface area contributed by atoms with E-state index in [0.717, 1.165) is 29.5 Å². The van der Waals surface area contributed by atoms with Crippen LogP contribution < -0.4 is 10.5 Å². The second-order valence-corrected chi connectivity index (χ2v) is 8.15. The van der Waals surface area contributed by atoms with Crippen LogP contribution in [0, 0.1) is 0 Å². The van der Waals surface area contributed by atoms with Crippen molar-refractivity contribution in [1.29, 1.82) is 0 Å². The van der Waals surface area contributed by atoms with Crippen LogP contribution >= 0.6 is 0 Å². The number of carbonyl (C=O) groups excluding carboxylic acids is 2. The molecule has 8 nitrogen and oxygen atoms in total. The fourth-order valence-corrected chi connectivity index (χ4v) is 4.32. The number of nitrogens with one attached hydrogen (secondary N) is 1. The van der Waals surface area contributed by atoms with Gasteiger partial charge in [0.1, 0.15) is 28.5 Å². The lowest BCUT2D eigenvalue weighted by Gasteiger charge is -2.30. The minimum absolute atomic E-state index is 0.0924. The molecule has 3 N–H and O–H groups in total. The summed E-state index contributed by atoms with van der Waals surface area (Å²) in [6.07, 6.45) is 1.44. The first-order valence-electron chi connectivity index (χ1n) is 10.9. The van der Waals surface area contributed by atoms with Gasteiger partial charge < -0.3 is 24.8 Å². The summed E-state index contributed by atoms with van der Waals surface area (Å²) in [5.41, 5.74) is 7.91. The fraction of sp³-hybridized carbons (Fsp3) is 0.240. The molecule has 1 saturated heterocycles. The smallest absolute Gasteiger partial charge is 0.289 e. The van der Waals surface area contributed by atoms with E-state index in [9.17, 15) is 9.59 Å². The Morgan fingerprint density at radius 1 is 1.12 bits per heavy atom. The molecule has 0 atom stereocenters. The van der Waals surface area contributed by atoms with Crippen molar-refractivity contribution in [2.45, 2.75) is 18.8 Å². The highest BCUT2D eigenvalue weighted by Crippen LogP contribution is 2.31. The number of benzene rings is 2. The van der Waals surface area contributed by atoms with Gasteiger partial charge in [-0.25, -0.2) is 4.98 Å². The van der Waals surface area contributed by atoms with E-state index in [4.69, 9.17) is 19.9 Å². The van der Waals surface area contributed by atoms with Crippen molar-refractivity contribution in [2.24, 2.45) is 5.73 Å². The number of nitrogens with zero attached hydrogens (tertiary/aromatic N) is 2. The van der Waals surface area contributed by atoms with Crippen molar-refractivity contribution in [3.8, 4) is 17.0 Å². The summed E-state index contributed by atoms with van der Waals surface area (Å²) in [5.74, 6) is 1.21. The molecule has 2 aromatic carbocycles. The fourth-order valence-electron chi connectivity index (χ4n) is 4.32. The maximum atomic E-state index is 12.9. The predicted octanol–water partition coefficient (Wildman–Crippen LogP) is 3.95. The zero-order chi connectivity index (χ0) is 22.9. The van der Waals surface area contributed by atoms with Gasteiger partial charge in [-0.1, -0.05) is 18.2 Å². The van der Waals surface area contributed by atoms with Crippen LogP contribution in [-0.4, -0.2) is 46.9 Å². The summed E-state index contributed by atoms with van der Waals surface area (Å²) < 4.78 is 10.9. The number of methoxy groups -OCH3 is 1. The lowest BCUT2D eigenvalue weighted by molar-refractivity contribution is 0.0681. The molecule has 1 aliphatic rings. The number of likely N-dealkylation sites (tertiary alicyclic amines) is 1. The number of imidazole rings is 1. The number of ether oxygens (including phenoxy) is 1. The molecule has 0 spiro atoms. The molecule has 0 unspecified atom stereocenters.